The van der Waals surface area contributed by atoms with Crippen molar-refractivity contribution in [1.29, 1.82) is 0 Å². The maximum Gasteiger partial charge on any atom is 0.0636 e. The average molecular weight is 147 g/mol. The number of hydrogen-bond acceptors (Lipinski definition) is 0. The first-order valence-corrected chi connectivity index (χ1v) is 6.77. The van der Waals surface area contributed by atoms with E-state index in [-0.39, 0.29) is 0 Å². The van der Waals surface area contributed by atoms with Gasteiger partial charge in [-0.3, -0.25) is 0 Å². The minimum absolute atomic E-state index is 0.514. The molecule has 9 heavy (non-hydrogen) atoms. The highest BCUT2D eigenvalue weighted by atomic mass is 31.2. The van der Waals surface area contributed by atoms with Crippen molar-refractivity contribution in [2.24, 2.45) is 0 Å². The first kappa shape index (κ1) is 9.43. The molecule has 0 saturated heterocycles. The molecule has 0 amide bonds. The summed E-state index contributed by atoms with van der Waals surface area (Å²) in [5.41, 5.74) is 0.928. The Morgan fingerprint density at radius 3 is 1.78 bits per heavy atom. The molecular formula is C8H20P+. The Hall–Kier alpha value is 0.430. The Bertz CT molecular complexity index is 74.6. The fraction of sp³-hybridized carbons (Fsp3) is 1.00. The summed E-state index contributed by atoms with van der Waals surface area (Å²) in [5, 5.41) is 0. The topological polar surface area (TPSA) is 0 Å². The van der Waals surface area contributed by atoms with Gasteiger partial charge in [0.1, 0.15) is 0 Å². The van der Waals surface area contributed by atoms with Crippen LogP contribution in [0.1, 0.15) is 27.2 Å². The zero-order valence-electron chi connectivity index (χ0n) is 7.44. The van der Waals surface area contributed by atoms with E-state index in [1.54, 1.807) is 0 Å². The summed E-state index contributed by atoms with van der Waals surface area (Å²) in [6.45, 7) is 11.9. The van der Waals surface area contributed by atoms with Crippen molar-refractivity contribution < 1.29 is 0 Å². The lowest BCUT2D eigenvalue weighted by atomic mass is 10.6. The van der Waals surface area contributed by atoms with Crippen molar-refractivity contribution in [3.8, 4) is 0 Å². The molecule has 0 aliphatic heterocycles. The molecule has 0 nitrogen and oxygen atoms in total. The van der Waals surface area contributed by atoms with Crippen LogP contribution in [-0.4, -0.2) is 25.2 Å². The summed E-state index contributed by atoms with van der Waals surface area (Å²) in [7, 11) is -0.514. The van der Waals surface area contributed by atoms with Gasteiger partial charge >= 0.3 is 0 Å². The molecule has 0 aliphatic carbocycles. The van der Waals surface area contributed by atoms with Gasteiger partial charge in [-0.05, 0) is 20.3 Å². The van der Waals surface area contributed by atoms with Crippen molar-refractivity contribution >= 4 is 7.26 Å². The molecule has 0 aromatic heterocycles. The van der Waals surface area contributed by atoms with E-state index in [4.69, 9.17) is 0 Å². The van der Waals surface area contributed by atoms with Crippen LogP contribution in [0.2, 0.25) is 0 Å². The first-order chi connectivity index (χ1) is 4.00. The standard InChI is InChI=1S/C8H20P/c1-6-7-9(4,5)8(2)3/h8H,6-7H2,1-5H3/q+1. The van der Waals surface area contributed by atoms with Crippen molar-refractivity contribution in [1.82, 2.24) is 0 Å². The second-order valence-corrected chi connectivity index (χ2v) is 8.63. The van der Waals surface area contributed by atoms with Crippen molar-refractivity contribution in [2.75, 3.05) is 19.5 Å². The van der Waals surface area contributed by atoms with Gasteiger partial charge in [0.25, 0.3) is 0 Å². The third kappa shape index (κ3) is 3.20. The van der Waals surface area contributed by atoms with E-state index in [0.717, 1.165) is 5.66 Å². The Morgan fingerprint density at radius 2 is 1.67 bits per heavy atom. The smallest absolute Gasteiger partial charge is 0.0619 e. The molecule has 0 rings (SSSR count). The Labute approximate surface area is 60.4 Å². The van der Waals surface area contributed by atoms with Gasteiger partial charge in [0.15, 0.2) is 0 Å². The minimum Gasteiger partial charge on any atom is -0.0619 e. The van der Waals surface area contributed by atoms with E-state index in [0.29, 0.717) is 0 Å². The van der Waals surface area contributed by atoms with E-state index in [9.17, 15) is 0 Å². The van der Waals surface area contributed by atoms with Crippen LogP contribution in [0.3, 0.4) is 0 Å². The Morgan fingerprint density at radius 1 is 1.22 bits per heavy atom. The third-order valence-electron chi connectivity index (χ3n) is 2.20. The molecule has 0 spiro atoms. The van der Waals surface area contributed by atoms with Gasteiger partial charge < -0.3 is 0 Å². The molecule has 0 fully saturated rings. The van der Waals surface area contributed by atoms with Crippen molar-refractivity contribution in [3.05, 3.63) is 0 Å². The molecule has 0 atom stereocenters. The van der Waals surface area contributed by atoms with E-state index in [1.807, 2.05) is 0 Å². The lowest BCUT2D eigenvalue weighted by molar-refractivity contribution is 1.02. The molecule has 0 N–H and O–H groups in total. The fourth-order valence-electron chi connectivity index (χ4n) is 0.835. The molecule has 0 bridgehead atoms. The van der Waals surface area contributed by atoms with E-state index >= 15 is 0 Å². The average Bonchev–Trinajstić information content (AvgIpc) is 1.65. The van der Waals surface area contributed by atoms with Gasteiger partial charge in [-0.25, -0.2) is 0 Å². The predicted octanol–water partition coefficient (Wildman–Crippen LogP) is 3.08. The van der Waals surface area contributed by atoms with Crippen LogP contribution in [0.15, 0.2) is 0 Å². The molecule has 0 heterocycles. The van der Waals surface area contributed by atoms with Gasteiger partial charge in [-0.15, -0.1) is 0 Å². The summed E-state index contributed by atoms with van der Waals surface area (Å²) in [6.07, 6.45) is 2.82. The van der Waals surface area contributed by atoms with E-state index < -0.39 is 7.26 Å². The van der Waals surface area contributed by atoms with Crippen LogP contribution in [0.25, 0.3) is 0 Å². The third-order valence-corrected chi connectivity index (χ3v) is 6.59. The molecule has 0 saturated carbocycles. The lowest BCUT2D eigenvalue weighted by Crippen LogP contribution is -2.06. The van der Waals surface area contributed by atoms with Crippen LogP contribution in [0, 0.1) is 0 Å². The lowest BCUT2D eigenvalue weighted by Gasteiger charge is -2.21. The van der Waals surface area contributed by atoms with E-state index in [2.05, 4.69) is 34.1 Å². The maximum atomic E-state index is 2.46. The van der Waals surface area contributed by atoms with Gasteiger partial charge in [0.05, 0.1) is 11.8 Å². The highest BCUT2D eigenvalue weighted by Gasteiger charge is 2.27. The molecule has 0 aliphatic rings. The number of hydrogen-bond donors (Lipinski definition) is 0. The van der Waals surface area contributed by atoms with Gasteiger partial charge in [-0.2, -0.15) is 0 Å². The quantitative estimate of drug-likeness (QED) is 0.538. The maximum absolute atomic E-state index is 2.46. The van der Waals surface area contributed by atoms with Crippen molar-refractivity contribution in [2.45, 2.75) is 32.9 Å². The molecule has 0 aromatic rings. The normalized spacial score (nSPS) is 12.7. The molecule has 1 heteroatoms. The Kier molecular flexibility index (Phi) is 3.73. The predicted molar refractivity (Wildman–Crippen MR) is 49.1 cm³/mol. The molecular weight excluding hydrogens is 127 g/mol. The largest absolute Gasteiger partial charge is 0.0636 e. The van der Waals surface area contributed by atoms with Crippen LogP contribution in [-0.2, 0) is 0 Å². The van der Waals surface area contributed by atoms with E-state index in [1.165, 1.54) is 12.6 Å². The fourth-order valence-corrected chi connectivity index (χ4v) is 2.50. The van der Waals surface area contributed by atoms with Crippen LogP contribution >= 0.6 is 7.26 Å². The summed E-state index contributed by atoms with van der Waals surface area (Å²) in [4.78, 5) is 0. The minimum atomic E-state index is -0.514. The first-order valence-electron chi connectivity index (χ1n) is 3.83. The summed E-state index contributed by atoms with van der Waals surface area (Å²) in [5.74, 6) is 0. The van der Waals surface area contributed by atoms with Crippen LogP contribution in [0.4, 0.5) is 0 Å². The summed E-state index contributed by atoms with van der Waals surface area (Å²) in [6, 6.07) is 0. The summed E-state index contributed by atoms with van der Waals surface area (Å²) >= 11 is 0. The highest BCUT2D eigenvalue weighted by molar-refractivity contribution is 7.75. The zero-order valence-corrected chi connectivity index (χ0v) is 8.33. The highest BCUT2D eigenvalue weighted by Crippen LogP contribution is 2.55. The SMILES string of the molecule is CCC[P+](C)(C)C(C)C. The van der Waals surface area contributed by atoms with Gasteiger partial charge in [0.2, 0.25) is 0 Å². The second-order valence-electron chi connectivity index (χ2n) is 3.60. The Balaban J connectivity index is 3.70. The van der Waals surface area contributed by atoms with Gasteiger partial charge in [-0.1, -0.05) is 6.92 Å². The van der Waals surface area contributed by atoms with Crippen molar-refractivity contribution in [3.63, 3.8) is 0 Å². The second kappa shape index (κ2) is 3.56. The van der Waals surface area contributed by atoms with Crippen LogP contribution < -0.4 is 0 Å². The molecule has 56 valence electrons. The zero-order chi connectivity index (χ0) is 7.49. The summed E-state index contributed by atoms with van der Waals surface area (Å²) < 4.78 is 0. The van der Waals surface area contributed by atoms with Gasteiger partial charge in [0, 0.05) is 20.6 Å². The molecule has 0 radical (unpaired) electrons. The van der Waals surface area contributed by atoms with Crippen LogP contribution in [0.5, 0.6) is 0 Å². The molecule has 0 aromatic carbocycles. The number of rotatable bonds is 3. The molecule has 0 unspecified atom stereocenters. The monoisotopic (exact) mass is 147 g/mol.